The van der Waals surface area contributed by atoms with E-state index in [1.165, 1.54) is 56.9 Å². The Morgan fingerprint density at radius 3 is 2.44 bits per heavy atom. The second kappa shape index (κ2) is 7.58. The number of rotatable bonds is 2. The minimum absolute atomic E-state index is 0.0620. The Morgan fingerprint density at radius 1 is 0.941 bits per heavy atom. The van der Waals surface area contributed by atoms with Gasteiger partial charge in [0.1, 0.15) is 0 Å². The van der Waals surface area contributed by atoms with Gasteiger partial charge >= 0.3 is 0 Å². The van der Waals surface area contributed by atoms with Crippen molar-refractivity contribution in [2.45, 2.75) is 90.1 Å². The van der Waals surface area contributed by atoms with Crippen molar-refractivity contribution in [1.29, 1.82) is 0 Å². The van der Waals surface area contributed by atoms with Crippen molar-refractivity contribution in [2.24, 2.45) is 40.4 Å². The third-order valence-corrected chi connectivity index (χ3v) is 12.8. The van der Waals surface area contributed by atoms with Gasteiger partial charge in [-0.15, -0.1) is 0 Å². The highest BCUT2D eigenvalue weighted by atomic mass is 16.2. The molecule has 0 unspecified atom stereocenters. The van der Waals surface area contributed by atoms with Crippen LogP contribution >= 0.6 is 0 Å². The van der Waals surface area contributed by atoms with Gasteiger partial charge in [-0.25, -0.2) is 0 Å². The average Bonchev–Trinajstić information content (AvgIpc) is 3.28. The third-order valence-electron chi connectivity index (χ3n) is 12.8. The zero-order chi connectivity index (χ0) is 24.0. The van der Waals surface area contributed by atoms with Crippen molar-refractivity contribution in [1.82, 2.24) is 9.80 Å². The predicted molar refractivity (Wildman–Crippen MR) is 139 cm³/mol. The fourth-order valence-electron chi connectivity index (χ4n) is 10.6. The Balaban J connectivity index is 1.28. The second-order valence-electron chi connectivity index (χ2n) is 13.7. The van der Waals surface area contributed by atoms with Gasteiger partial charge in [0.05, 0.1) is 5.54 Å². The molecule has 1 aromatic carbocycles. The Kier molecular flexibility index (Phi) is 5.14. The number of benzene rings is 1. The highest BCUT2D eigenvalue weighted by Gasteiger charge is 2.63. The molecule has 34 heavy (non-hydrogen) atoms. The number of hydrogen-bond acceptors (Lipinski definition) is 2. The van der Waals surface area contributed by atoms with Gasteiger partial charge in [-0.05, 0) is 131 Å². The molecule has 186 valence electrons. The molecular weight excluding hydrogens is 416 g/mol. The van der Waals surface area contributed by atoms with Gasteiger partial charge in [0.15, 0.2) is 0 Å². The van der Waals surface area contributed by atoms with E-state index in [9.17, 15) is 4.79 Å². The van der Waals surface area contributed by atoms with E-state index in [1.54, 1.807) is 0 Å². The van der Waals surface area contributed by atoms with Crippen LogP contribution in [0.1, 0.15) is 94.5 Å². The van der Waals surface area contributed by atoms with E-state index >= 15 is 0 Å². The molecule has 0 N–H and O–H groups in total. The molecule has 3 nitrogen and oxygen atoms in total. The predicted octanol–water partition coefficient (Wildman–Crippen LogP) is 6.58. The van der Waals surface area contributed by atoms with Gasteiger partial charge in [0, 0.05) is 18.7 Å². The summed E-state index contributed by atoms with van der Waals surface area (Å²) in [7, 11) is 6.63. The minimum Gasteiger partial charge on any atom is -0.332 e. The number of hydrogen-bond donors (Lipinski definition) is 0. The maximum Gasteiger partial charge on any atom is 0.254 e. The summed E-state index contributed by atoms with van der Waals surface area (Å²) in [6.07, 6.45) is 12.1. The van der Waals surface area contributed by atoms with E-state index in [0.29, 0.717) is 16.9 Å². The van der Waals surface area contributed by atoms with Gasteiger partial charge < -0.3 is 9.80 Å². The molecule has 1 amide bonds. The topological polar surface area (TPSA) is 23.6 Å². The van der Waals surface area contributed by atoms with Crippen molar-refractivity contribution in [3.63, 3.8) is 0 Å². The fourth-order valence-corrected chi connectivity index (χ4v) is 10.6. The number of carbonyl (C=O) groups excluding carboxylic acids is 1. The lowest BCUT2D eigenvalue weighted by atomic mass is 9.43. The molecule has 4 saturated carbocycles. The molecule has 3 heteroatoms. The molecule has 1 spiro atoms. The summed E-state index contributed by atoms with van der Waals surface area (Å²) in [6, 6.07) is 9.17. The molecule has 1 aliphatic heterocycles. The molecule has 5 aliphatic rings. The van der Waals surface area contributed by atoms with Crippen LogP contribution in [0.5, 0.6) is 0 Å². The largest absolute Gasteiger partial charge is 0.332 e. The van der Waals surface area contributed by atoms with Crippen LogP contribution in [0.3, 0.4) is 0 Å². The zero-order valence-electron chi connectivity index (χ0n) is 22.4. The van der Waals surface area contributed by atoms with Crippen LogP contribution in [0, 0.1) is 40.4 Å². The van der Waals surface area contributed by atoms with E-state index in [4.69, 9.17) is 0 Å². The Morgan fingerprint density at radius 2 is 1.68 bits per heavy atom. The van der Waals surface area contributed by atoms with Crippen molar-refractivity contribution < 1.29 is 4.79 Å². The first-order valence-corrected chi connectivity index (χ1v) is 14.2. The average molecular weight is 463 g/mol. The first kappa shape index (κ1) is 23.1. The lowest BCUT2D eigenvalue weighted by Gasteiger charge is -2.63. The van der Waals surface area contributed by atoms with Crippen LogP contribution in [-0.4, -0.2) is 42.9 Å². The highest BCUT2D eigenvalue weighted by Crippen LogP contribution is 2.69. The van der Waals surface area contributed by atoms with Crippen molar-refractivity contribution in [2.75, 3.05) is 21.1 Å². The van der Waals surface area contributed by atoms with Gasteiger partial charge in [-0.3, -0.25) is 4.79 Å². The molecule has 0 bridgehead atoms. The van der Waals surface area contributed by atoms with Crippen LogP contribution in [0.2, 0.25) is 0 Å². The molecule has 0 saturated heterocycles. The second-order valence-corrected chi connectivity index (χ2v) is 13.7. The number of amides is 1. The number of carbonyl (C=O) groups is 1. The number of nitrogens with zero attached hydrogens (tertiary/aromatic N) is 2. The van der Waals surface area contributed by atoms with Crippen molar-refractivity contribution in [3.8, 4) is 0 Å². The van der Waals surface area contributed by atoms with Crippen LogP contribution in [0.15, 0.2) is 24.3 Å². The summed E-state index contributed by atoms with van der Waals surface area (Å²) in [5.41, 5.74) is 3.19. The molecule has 4 aliphatic carbocycles. The van der Waals surface area contributed by atoms with Gasteiger partial charge in [-0.2, -0.15) is 0 Å². The summed E-state index contributed by atoms with van der Waals surface area (Å²) in [4.78, 5) is 17.8. The van der Waals surface area contributed by atoms with Crippen molar-refractivity contribution in [3.05, 3.63) is 35.4 Å². The van der Waals surface area contributed by atoms with Crippen LogP contribution in [0.4, 0.5) is 0 Å². The normalized spacial score (nSPS) is 46.3. The van der Waals surface area contributed by atoms with Gasteiger partial charge in [-0.1, -0.05) is 32.0 Å². The molecule has 0 aromatic heterocycles. The summed E-state index contributed by atoms with van der Waals surface area (Å²) in [5, 5.41) is 0. The maximum absolute atomic E-state index is 13.2. The molecular formula is C31H46N2O. The SMILES string of the molecule is C[C@@H]([C@H]1CC[C@H]2[C@@H]3CC[C@H]4C[C@]5(CC[C@]4(C)[C@H]3CC[C@]12C)c1ccccc1C(=O)N5C)N(C)C. The molecule has 0 radical (unpaired) electrons. The summed E-state index contributed by atoms with van der Waals surface area (Å²) in [6.45, 7) is 7.81. The van der Waals surface area contributed by atoms with Crippen LogP contribution in [0.25, 0.3) is 0 Å². The Bertz CT molecular complexity index is 987. The van der Waals surface area contributed by atoms with E-state index in [-0.39, 0.29) is 11.4 Å². The number of fused-ring (bicyclic) bond motifs is 7. The molecule has 4 fully saturated rings. The van der Waals surface area contributed by atoms with Crippen molar-refractivity contribution >= 4 is 5.91 Å². The minimum atomic E-state index is -0.0620. The lowest BCUT2D eigenvalue weighted by Crippen LogP contribution is -2.57. The van der Waals surface area contributed by atoms with Gasteiger partial charge in [0.2, 0.25) is 0 Å². The zero-order valence-corrected chi connectivity index (χ0v) is 22.4. The lowest BCUT2D eigenvalue weighted by molar-refractivity contribution is -0.134. The molecule has 1 heterocycles. The quantitative estimate of drug-likeness (QED) is 0.496. The first-order valence-electron chi connectivity index (χ1n) is 14.2. The Hall–Kier alpha value is -1.35. The standard InChI is InChI=1S/C31H46N2O/c1-20(32(4)5)24-13-14-25-22-12-11-21-19-31(27-10-8-7-9-23(27)28(34)33(31)6)18-17-29(21,2)26(22)15-16-30(24,25)3/h7-10,20-22,24-26H,11-19H2,1-6H3/t20-,21-,22-,24+,25-,26-,29-,30+,31+/m0/s1. The monoisotopic (exact) mass is 462 g/mol. The molecule has 1 aromatic rings. The molecule has 6 rings (SSSR count). The maximum atomic E-state index is 13.2. The summed E-state index contributed by atoms with van der Waals surface area (Å²) in [5.74, 6) is 4.56. The highest BCUT2D eigenvalue weighted by molar-refractivity contribution is 5.99. The van der Waals surface area contributed by atoms with Crippen LogP contribution in [-0.2, 0) is 5.54 Å². The van der Waals surface area contributed by atoms with E-state index in [1.807, 2.05) is 6.07 Å². The fraction of sp³-hybridized carbons (Fsp3) is 0.774. The third kappa shape index (κ3) is 2.83. The first-order chi connectivity index (χ1) is 16.1. The molecule has 9 atom stereocenters. The van der Waals surface area contributed by atoms with E-state index in [2.05, 4.69) is 69.9 Å². The van der Waals surface area contributed by atoms with E-state index < -0.39 is 0 Å². The summed E-state index contributed by atoms with van der Waals surface area (Å²) >= 11 is 0. The van der Waals surface area contributed by atoms with E-state index in [0.717, 1.165) is 41.6 Å². The Labute approximate surface area is 207 Å². The smallest absolute Gasteiger partial charge is 0.254 e. The van der Waals surface area contributed by atoms with Crippen LogP contribution < -0.4 is 0 Å². The summed E-state index contributed by atoms with van der Waals surface area (Å²) < 4.78 is 0. The van der Waals surface area contributed by atoms with Gasteiger partial charge in [0.25, 0.3) is 5.91 Å².